The number of tetrazole rings is 2. The normalized spacial score (nSPS) is 12.8. The van der Waals surface area contributed by atoms with E-state index in [0.717, 1.165) is 66.4 Å². The van der Waals surface area contributed by atoms with Crippen LogP contribution >= 0.6 is 0 Å². The van der Waals surface area contributed by atoms with E-state index in [0.29, 0.717) is 51.4 Å². The summed E-state index contributed by atoms with van der Waals surface area (Å²) in [6.07, 6.45) is -0.881. The summed E-state index contributed by atoms with van der Waals surface area (Å²) in [7, 11) is 0. The van der Waals surface area contributed by atoms with Crippen molar-refractivity contribution >= 4 is 33.8 Å². The van der Waals surface area contributed by atoms with Crippen LogP contribution < -0.4 is 10.6 Å². The third-order valence-electron chi connectivity index (χ3n) is 15.4. The largest absolute Gasteiger partial charge is 0.458 e. The zero-order valence-corrected chi connectivity index (χ0v) is 49.9. The molecule has 6 heterocycles. The molecule has 0 saturated heterocycles. The van der Waals surface area contributed by atoms with Crippen LogP contribution in [0, 0.1) is 55.4 Å². The van der Waals surface area contributed by atoms with Crippen LogP contribution in [-0.4, -0.2) is 68.1 Å². The summed E-state index contributed by atoms with van der Waals surface area (Å²) < 4.78 is 37.1. The molecule has 0 aliphatic heterocycles. The first-order valence-corrected chi connectivity index (χ1v) is 28.7. The quantitative estimate of drug-likeness (QED) is 0.0520. The smallest absolute Gasteiger partial charge is 0.225 e. The van der Waals surface area contributed by atoms with Crippen molar-refractivity contribution in [2.45, 2.75) is 112 Å². The van der Waals surface area contributed by atoms with Crippen LogP contribution in [0.2, 0.25) is 0 Å². The van der Waals surface area contributed by atoms with Gasteiger partial charge >= 0.3 is 0 Å². The number of ether oxygens (including phenoxy) is 2. The van der Waals surface area contributed by atoms with Crippen molar-refractivity contribution in [2.24, 2.45) is 0 Å². The summed E-state index contributed by atoms with van der Waals surface area (Å²) in [5.74, 6) is 2.84. The Balaban J connectivity index is 0.000000182. The minimum atomic E-state index is -0.685. The van der Waals surface area contributed by atoms with Gasteiger partial charge in [0, 0.05) is 10.8 Å². The molecule has 0 bridgehead atoms. The number of H-pyrrole nitrogens is 1. The average molecular weight is 1180 g/mol. The number of carbonyl (C=O) groups excluding carboxylic acids is 2. The number of aryl methyl sites for hydroxylation is 8. The first-order chi connectivity index (χ1) is 42.7. The number of hydrogen-bond acceptors (Lipinski definition) is 17. The number of aromatic nitrogens is 10. The van der Waals surface area contributed by atoms with Crippen molar-refractivity contribution in [3.05, 3.63) is 258 Å². The molecular weight excluding hydrogens is 1120 g/mol. The third-order valence-corrected chi connectivity index (χ3v) is 15.4. The number of aromatic amines is 1. The number of fused-ring (bicyclic) bond motifs is 2. The fourth-order valence-electron chi connectivity index (χ4n) is 11.1. The van der Waals surface area contributed by atoms with Gasteiger partial charge in [-0.1, -0.05) is 136 Å². The van der Waals surface area contributed by atoms with Crippen molar-refractivity contribution in [3.63, 3.8) is 0 Å². The molecule has 0 fully saturated rings. The molecule has 6 aromatic carbocycles. The van der Waals surface area contributed by atoms with Gasteiger partial charge in [0.25, 0.3) is 0 Å². The second-order valence-corrected chi connectivity index (χ2v) is 21.9. The molecule has 0 aliphatic rings. The number of nitrogens with zero attached hydrogens (tertiary/aromatic N) is 9. The van der Waals surface area contributed by atoms with Crippen LogP contribution in [0.25, 0.3) is 21.9 Å². The molecular formula is C67H66N12O9. The molecule has 4 N–H and O–H groups in total. The summed E-state index contributed by atoms with van der Waals surface area (Å²) in [6, 6.07) is 47.4. The Morgan fingerprint density at radius 3 is 1.53 bits per heavy atom. The Morgan fingerprint density at radius 2 is 1.09 bits per heavy atom. The van der Waals surface area contributed by atoms with Gasteiger partial charge in [-0.05, 0) is 147 Å². The molecule has 0 spiro atoms. The number of hydrogen-bond donors (Lipinski definition) is 4. The van der Waals surface area contributed by atoms with Crippen molar-refractivity contribution < 1.29 is 42.0 Å². The Morgan fingerprint density at radius 1 is 0.591 bits per heavy atom. The van der Waals surface area contributed by atoms with E-state index >= 15 is 0 Å². The van der Waals surface area contributed by atoms with Crippen LogP contribution in [0.3, 0.4) is 0 Å². The van der Waals surface area contributed by atoms with Crippen molar-refractivity contribution in [3.8, 4) is 0 Å². The fourth-order valence-corrected chi connectivity index (χ4v) is 11.1. The highest BCUT2D eigenvalue weighted by Crippen LogP contribution is 2.38. The van der Waals surface area contributed by atoms with Gasteiger partial charge in [-0.2, -0.15) is 5.21 Å². The monoisotopic (exact) mass is 1180 g/mol. The van der Waals surface area contributed by atoms with Crippen LogP contribution in [-0.2, 0) is 51.8 Å². The molecule has 6 aromatic heterocycles. The van der Waals surface area contributed by atoms with Gasteiger partial charge in [0.1, 0.15) is 66.4 Å². The molecule has 0 radical (unpaired) electrons. The van der Waals surface area contributed by atoms with Gasteiger partial charge < -0.3 is 43.1 Å². The van der Waals surface area contributed by atoms with Crippen LogP contribution in [0.4, 0.5) is 0 Å². The summed E-state index contributed by atoms with van der Waals surface area (Å²) in [5.41, 5.74) is 14.7. The van der Waals surface area contributed by atoms with Gasteiger partial charge in [0.05, 0.1) is 47.4 Å². The van der Waals surface area contributed by atoms with E-state index in [1.807, 2.05) is 137 Å². The number of aliphatic hydroxyl groups excluding tert-OH is 1. The van der Waals surface area contributed by atoms with Gasteiger partial charge in [-0.3, -0.25) is 9.59 Å². The van der Waals surface area contributed by atoms with Crippen LogP contribution in [0.15, 0.2) is 163 Å². The summed E-state index contributed by atoms with van der Waals surface area (Å²) in [5, 5.41) is 51.2. The lowest BCUT2D eigenvalue weighted by atomic mass is 9.93. The minimum absolute atomic E-state index is 0.0386. The highest BCUT2D eigenvalue weighted by molar-refractivity contribution is 5.85. The standard InChI is InChI=1S/C34H34N6O5.C33H32N6O4/c1-20-10-12-27(21(2)14-20)33(25-8-6-5-7-9-25)35-31(42)16-24-11-13-28-26(15-24)17-29(44-28)34(32-22(3)37-45-23(32)4)43-19-40-30(18-41)36-38-39-40;1-19-10-12-26(20(2)14-19)32(24-8-6-5-7-9-24)34-30(40)16-23-11-13-27-25(15-23)17-28(42-27)33(31-21(3)37-43-22(31)4)41-18-29-35-38-39-36-29/h5-15,17,33-34,41H,16,18-19H2,1-4H3,(H,35,42);5-15,17,32-33H,16,18H2,1-4H3,(H,34,40)(H,35,36,38,39). The molecule has 0 aliphatic carbocycles. The number of benzene rings is 6. The second-order valence-electron chi connectivity index (χ2n) is 21.9. The van der Waals surface area contributed by atoms with Crippen molar-refractivity contribution in [2.75, 3.05) is 0 Å². The van der Waals surface area contributed by atoms with Gasteiger partial charge in [0.15, 0.2) is 11.6 Å². The summed E-state index contributed by atoms with van der Waals surface area (Å²) in [6.45, 7) is 15.4. The van der Waals surface area contributed by atoms with E-state index in [-0.39, 0.29) is 62.5 Å². The average Bonchev–Trinajstić information content (AvgIpc) is 2.88. The molecule has 12 rings (SSSR count). The van der Waals surface area contributed by atoms with E-state index in [9.17, 15) is 14.7 Å². The van der Waals surface area contributed by atoms with Crippen molar-refractivity contribution in [1.29, 1.82) is 0 Å². The molecule has 21 nitrogen and oxygen atoms in total. The Labute approximate surface area is 506 Å². The highest BCUT2D eigenvalue weighted by Gasteiger charge is 2.30. The summed E-state index contributed by atoms with van der Waals surface area (Å²) in [4.78, 5) is 26.9. The SMILES string of the molecule is Cc1ccc(C(NC(=O)Cc2ccc3oc(C(OCc4nn[nH]n4)c4c(C)noc4C)cc3c2)c2ccccc2)c(C)c1.Cc1ccc(C(NC(=O)Cc2ccc3oc(C(OCn4nnnc4CO)c4c(C)noc4C)cc3c2)c2ccccc2)c(C)c1. The number of amides is 2. The van der Waals surface area contributed by atoms with E-state index in [4.69, 9.17) is 27.4 Å². The maximum atomic E-state index is 13.5. The maximum absolute atomic E-state index is 13.5. The van der Waals surface area contributed by atoms with E-state index < -0.39 is 12.2 Å². The lowest BCUT2D eigenvalue weighted by molar-refractivity contribution is -0.121. The van der Waals surface area contributed by atoms with E-state index in [2.05, 4.69) is 121 Å². The number of nitrogens with one attached hydrogen (secondary N) is 3. The number of rotatable bonds is 21. The molecule has 448 valence electrons. The number of furan rings is 2. The van der Waals surface area contributed by atoms with Gasteiger partial charge in [0.2, 0.25) is 11.8 Å². The minimum Gasteiger partial charge on any atom is -0.458 e. The predicted octanol–water partition coefficient (Wildman–Crippen LogP) is 11.3. The number of carbonyl (C=O) groups is 2. The second kappa shape index (κ2) is 26.6. The molecule has 12 aromatic rings. The molecule has 21 heteroatoms. The molecule has 4 unspecified atom stereocenters. The van der Waals surface area contributed by atoms with Gasteiger partial charge in [-0.25, -0.2) is 4.68 Å². The zero-order chi connectivity index (χ0) is 61.4. The Bertz CT molecular complexity index is 4320. The zero-order valence-electron chi connectivity index (χ0n) is 49.9. The maximum Gasteiger partial charge on any atom is 0.225 e. The third kappa shape index (κ3) is 13.6. The number of aliphatic hydroxyl groups is 1. The van der Waals surface area contributed by atoms with E-state index in [1.165, 1.54) is 15.8 Å². The molecule has 0 saturated carbocycles. The van der Waals surface area contributed by atoms with Crippen molar-refractivity contribution in [1.82, 2.24) is 61.8 Å². The fraction of sp³-hybridized carbons (Fsp3) is 0.254. The first kappa shape index (κ1) is 59.5. The lowest BCUT2D eigenvalue weighted by Crippen LogP contribution is -2.31. The molecule has 88 heavy (non-hydrogen) atoms. The first-order valence-electron chi connectivity index (χ1n) is 28.7. The highest BCUT2D eigenvalue weighted by atomic mass is 16.5. The Kier molecular flexibility index (Phi) is 18.0. The molecule has 4 atom stereocenters. The van der Waals surface area contributed by atoms with Crippen LogP contribution in [0.5, 0.6) is 0 Å². The van der Waals surface area contributed by atoms with E-state index in [1.54, 1.807) is 0 Å². The lowest BCUT2D eigenvalue weighted by Gasteiger charge is -2.22. The predicted molar refractivity (Wildman–Crippen MR) is 324 cm³/mol. The van der Waals surface area contributed by atoms with Gasteiger partial charge in [-0.15, -0.1) is 15.3 Å². The topological polar surface area (TPSA) is 273 Å². The van der Waals surface area contributed by atoms with Crippen LogP contribution in [0.1, 0.15) is 137 Å². The summed E-state index contributed by atoms with van der Waals surface area (Å²) >= 11 is 0. The Hall–Kier alpha value is -10.2. The molecule has 2 amide bonds.